The van der Waals surface area contributed by atoms with E-state index in [1.165, 1.54) is 5.56 Å². The highest BCUT2D eigenvalue weighted by molar-refractivity contribution is 5.78. The maximum absolute atomic E-state index is 12.3. The van der Waals surface area contributed by atoms with E-state index in [9.17, 15) is 9.59 Å². The zero-order valence-electron chi connectivity index (χ0n) is 15.9. The number of hydrogen-bond acceptors (Lipinski definition) is 5. The van der Waals surface area contributed by atoms with Crippen molar-refractivity contribution in [2.75, 3.05) is 39.8 Å². The molecule has 2 atom stereocenters. The van der Waals surface area contributed by atoms with Crippen molar-refractivity contribution in [3.8, 4) is 5.75 Å². The number of benzene rings is 1. The Morgan fingerprint density at radius 3 is 2.89 bits per heavy atom. The molecule has 27 heavy (non-hydrogen) atoms. The molecule has 148 valence electrons. The number of fused-ring (bicyclic) bond motifs is 1. The second kappa shape index (κ2) is 9.19. The van der Waals surface area contributed by atoms with Gasteiger partial charge in [0.05, 0.1) is 19.6 Å². The standard InChI is InChI=1S/C20H29N3O4/c1-22(14-20(25)26)16-6-4-9-23(10-8-16)13-19(24)21-12-17-11-15-5-2-3-7-18(15)27-17/h2-3,5,7,16-17H,4,6,8-14H2,1H3,(H,21,24)(H,25,26). The minimum atomic E-state index is -0.797. The number of ether oxygens (including phenoxy) is 1. The van der Waals surface area contributed by atoms with Gasteiger partial charge < -0.3 is 15.2 Å². The quantitative estimate of drug-likeness (QED) is 0.739. The fourth-order valence-corrected chi connectivity index (χ4v) is 3.93. The van der Waals surface area contributed by atoms with E-state index in [0.717, 1.165) is 44.5 Å². The average molecular weight is 375 g/mol. The van der Waals surface area contributed by atoms with Gasteiger partial charge in [-0.05, 0) is 44.5 Å². The lowest BCUT2D eigenvalue weighted by Crippen LogP contribution is -2.42. The van der Waals surface area contributed by atoms with E-state index in [1.54, 1.807) is 0 Å². The van der Waals surface area contributed by atoms with Crippen LogP contribution in [0.15, 0.2) is 24.3 Å². The molecule has 0 aromatic heterocycles. The third-order valence-corrected chi connectivity index (χ3v) is 5.41. The molecule has 7 heteroatoms. The van der Waals surface area contributed by atoms with Crippen LogP contribution >= 0.6 is 0 Å². The monoisotopic (exact) mass is 375 g/mol. The first-order chi connectivity index (χ1) is 13.0. The molecule has 0 radical (unpaired) electrons. The summed E-state index contributed by atoms with van der Waals surface area (Å²) in [5, 5.41) is 11.9. The molecule has 2 aliphatic heterocycles. The first-order valence-corrected chi connectivity index (χ1v) is 9.67. The second-order valence-corrected chi connectivity index (χ2v) is 7.53. The lowest BCUT2D eigenvalue weighted by molar-refractivity contribution is -0.138. The van der Waals surface area contributed by atoms with Crippen molar-refractivity contribution < 1.29 is 19.4 Å². The molecule has 0 saturated carbocycles. The number of carboxylic acid groups (broad SMARTS) is 1. The van der Waals surface area contributed by atoms with Crippen molar-refractivity contribution in [1.29, 1.82) is 0 Å². The van der Waals surface area contributed by atoms with Crippen LogP contribution in [0.25, 0.3) is 0 Å². The van der Waals surface area contributed by atoms with E-state index < -0.39 is 5.97 Å². The van der Waals surface area contributed by atoms with Crippen LogP contribution in [-0.2, 0) is 16.0 Å². The zero-order chi connectivity index (χ0) is 19.2. The first-order valence-electron chi connectivity index (χ1n) is 9.67. The number of likely N-dealkylation sites (N-methyl/N-ethyl adjacent to an activating group) is 1. The molecule has 0 spiro atoms. The number of para-hydroxylation sites is 1. The Balaban J connectivity index is 1.38. The van der Waals surface area contributed by atoms with Crippen molar-refractivity contribution in [3.05, 3.63) is 29.8 Å². The molecule has 1 aromatic rings. The maximum Gasteiger partial charge on any atom is 0.317 e. The number of likely N-dealkylation sites (tertiary alicyclic amines) is 1. The van der Waals surface area contributed by atoms with Crippen LogP contribution in [-0.4, -0.2) is 78.7 Å². The summed E-state index contributed by atoms with van der Waals surface area (Å²) in [6.07, 6.45) is 3.67. The van der Waals surface area contributed by atoms with Crippen LogP contribution in [0.4, 0.5) is 0 Å². The highest BCUT2D eigenvalue weighted by Gasteiger charge is 2.25. The number of nitrogens with one attached hydrogen (secondary N) is 1. The molecular formula is C20H29N3O4. The normalized spacial score (nSPS) is 22.7. The van der Waals surface area contributed by atoms with Gasteiger partial charge in [-0.1, -0.05) is 18.2 Å². The average Bonchev–Trinajstić information content (AvgIpc) is 2.90. The Morgan fingerprint density at radius 1 is 1.30 bits per heavy atom. The van der Waals surface area contributed by atoms with E-state index in [4.69, 9.17) is 9.84 Å². The van der Waals surface area contributed by atoms with Gasteiger partial charge in [0.2, 0.25) is 5.91 Å². The molecule has 3 rings (SSSR count). The molecule has 0 bridgehead atoms. The topological polar surface area (TPSA) is 82.1 Å². The van der Waals surface area contributed by atoms with Crippen LogP contribution in [0, 0.1) is 0 Å². The molecule has 1 saturated heterocycles. The van der Waals surface area contributed by atoms with Crippen LogP contribution in [0.1, 0.15) is 24.8 Å². The van der Waals surface area contributed by atoms with Gasteiger partial charge in [0, 0.05) is 19.0 Å². The van der Waals surface area contributed by atoms with Crippen molar-refractivity contribution in [2.24, 2.45) is 0 Å². The summed E-state index contributed by atoms with van der Waals surface area (Å²) >= 11 is 0. The van der Waals surface area contributed by atoms with E-state index in [2.05, 4.69) is 16.3 Å². The van der Waals surface area contributed by atoms with Crippen LogP contribution in [0.3, 0.4) is 0 Å². The van der Waals surface area contributed by atoms with Gasteiger partial charge in [-0.15, -0.1) is 0 Å². The number of hydrogen-bond donors (Lipinski definition) is 2. The van der Waals surface area contributed by atoms with Crippen molar-refractivity contribution in [3.63, 3.8) is 0 Å². The summed E-state index contributed by atoms with van der Waals surface area (Å²) in [4.78, 5) is 27.3. The Bertz CT molecular complexity index is 641. The summed E-state index contributed by atoms with van der Waals surface area (Å²) in [5.41, 5.74) is 1.20. The lowest BCUT2D eigenvalue weighted by atomic mass is 10.1. The summed E-state index contributed by atoms with van der Waals surface area (Å²) in [5.74, 6) is 0.141. The fourth-order valence-electron chi connectivity index (χ4n) is 3.93. The predicted molar refractivity (Wildman–Crippen MR) is 102 cm³/mol. The molecule has 2 aliphatic rings. The molecule has 1 amide bonds. The van der Waals surface area contributed by atoms with Gasteiger partial charge in [0.1, 0.15) is 11.9 Å². The highest BCUT2D eigenvalue weighted by atomic mass is 16.5. The smallest absolute Gasteiger partial charge is 0.317 e. The largest absolute Gasteiger partial charge is 0.488 e. The number of rotatable bonds is 7. The third kappa shape index (κ3) is 5.68. The molecule has 2 unspecified atom stereocenters. The molecule has 2 heterocycles. The summed E-state index contributed by atoms with van der Waals surface area (Å²) in [7, 11) is 1.86. The fraction of sp³-hybridized carbons (Fsp3) is 0.600. The van der Waals surface area contributed by atoms with E-state index in [0.29, 0.717) is 13.1 Å². The van der Waals surface area contributed by atoms with E-state index in [1.807, 2.05) is 30.1 Å². The Hall–Kier alpha value is -2.12. The van der Waals surface area contributed by atoms with Gasteiger partial charge in [-0.2, -0.15) is 0 Å². The molecule has 7 nitrogen and oxygen atoms in total. The lowest BCUT2D eigenvalue weighted by Gasteiger charge is -2.25. The van der Waals surface area contributed by atoms with Crippen molar-refractivity contribution in [2.45, 2.75) is 37.8 Å². The van der Waals surface area contributed by atoms with Gasteiger partial charge in [0.25, 0.3) is 0 Å². The van der Waals surface area contributed by atoms with Gasteiger partial charge in [-0.3, -0.25) is 19.4 Å². The number of nitrogens with zero attached hydrogens (tertiary/aromatic N) is 2. The molecular weight excluding hydrogens is 346 g/mol. The van der Waals surface area contributed by atoms with Crippen molar-refractivity contribution >= 4 is 11.9 Å². The Kier molecular flexibility index (Phi) is 6.68. The summed E-state index contributed by atoms with van der Waals surface area (Å²) < 4.78 is 5.86. The molecule has 0 aliphatic carbocycles. The number of amides is 1. The summed E-state index contributed by atoms with van der Waals surface area (Å²) in [6.45, 7) is 2.65. The van der Waals surface area contributed by atoms with E-state index in [-0.39, 0.29) is 24.6 Å². The number of carboxylic acids is 1. The van der Waals surface area contributed by atoms with Gasteiger partial charge >= 0.3 is 5.97 Å². The molecule has 1 fully saturated rings. The Morgan fingerprint density at radius 2 is 2.11 bits per heavy atom. The third-order valence-electron chi connectivity index (χ3n) is 5.41. The second-order valence-electron chi connectivity index (χ2n) is 7.53. The highest BCUT2D eigenvalue weighted by Crippen LogP contribution is 2.27. The van der Waals surface area contributed by atoms with Gasteiger partial charge in [0.15, 0.2) is 0 Å². The van der Waals surface area contributed by atoms with Gasteiger partial charge in [-0.25, -0.2) is 0 Å². The SMILES string of the molecule is CN(CC(=O)O)C1CCCN(CC(=O)NCC2Cc3ccccc3O2)CC1. The van der Waals surface area contributed by atoms with Crippen LogP contribution in [0.2, 0.25) is 0 Å². The summed E-state index contributed by atoms with van der Waals surface area (Å²) in [6, 6.07) is 8.25. The number of aliphatic carboxylic acids is 1. The minimum absolute atomic E-state index is 0.00420. The first kappa shape index (κ1) is 19.6. The van der Waals surface area contributed by atoms with Crippen LogP contribution in [0.5, 0.6) is 5.75 Å². The molecule has 2 N–H and O–H groups in total. The minimum Gasteiger partial charge on any atom is -0.488 e. The van der Waals surface area contributed by atoms with E-state index >= 15 is 0 Å². The molecule has 1 aromatic carbocycles. The Labute approximate surface area is 160 Å². The zero-order valence-corrected chi connectivity index (χ0v) is 15.9. The number of carbonyl (C=O) groups excluding carboxylic acids is 1. The maximum atomic E-state index is 12.3. The van der Waals surface area contributed by atoms with Crippen molar-refractivity contribution in [1.82, 2.24) is 15.1 Å². The van der Waals surface area contributed by atoms with Crippen LogP contribution < -0.4 is 10.1 Å². The number of carbonyl (C=O) groups is 2. The predicted octanol–water partition coefficient (Wildman–Crippen LogP) is 0.977.